The molecular weight excluding hydrogens is 863 g/mol. The van der Waals surface area contributed by atoms with Gasteiger partial charge in [-0.25, -0.2) is 0 Å². The van der Waals surface area contributed by atoms with Gasteiger partial charge < -0.3 is 54.7 Å². The molecule has 0 saturated carbocycles. The lowest BCUT2D eigenvalue weighted by Crippen LogP contribution is -2.44. The number of methoxy groups -OCH3 is 1. The minimum atomic E-state index is -2.04. The standard InChI is InChI=1S/C50H61N5O12/c1-26-13-12-14-27(2)49(63)52-40-34(24-51-55-20-18-54(19-21-55)25-33-23-35(53-67-33)32-15-10-9-11-16-32)45(60)37-38(46(40)61)44(59)31(6)47-39(37)48(62)50(7,66-47)65-22-17-36(64-8)28(3)42(57)30(5)43(58)29(4)41(26)56/h9-17,22-24,26,28-30,36,41-43,56-61H,18-21,25H2,1-8H3,(H,52,63)/b13-12+,22-17+,27-14-,51-24+/t26-,28+,29+,30-,36-,41-,42+,43+,50-/m0/s1. The number of carbonyl (C=O) groups is 2. The maximum Gasteiger partial charge on any atom is 0.312 e. The monoisotopic (exact) mass is 923 g/mol. The highest BCUT2D eigenvalue weighted by Crippen LogP contribution is 2.55. The van der Waals surface area contributed by atoms with Gasteiger partial charge in [-0.05, 0) is 19.9 Å². The maximum absolute atomic E-state index is 14.5. The van der Waals surface area contributed by atoms with E-state index in [1.165, 1.54) is 52.5 Å². The number of anilines is 1. The van der Waals surface area contributed by atoms with E-state index in [0.29, 0.717) is 38.5 Å². The van der Waals surface area contributed by atoms with E-state index in [2.05, 4.69) is 20.5 Å². The Morgan fingerprint density at radius 3 is 2.25 bits per heavy atom. The molecular formula is C50H61N5O12. The third-order valence-corrected chi connectivity index (χ3v) is 13.5. The number of allylic oxidation sites excluding steroid dienone is 2. The van der Waals surface area contributed by atoms with Crippen LogP contribution in [-0.2, 0) is 20.8 Å². The lowest BCUT2D eigenvalue weighted by atomic mass is 9.78. The number of piperazine rings is 1. The summed E-state index contributed by atoms with van der Waals surface area (Å²) >= 11 is 0. The Morgan fingerprint density at radius 2 is 1.57 bits per heavy atom. The summed E-state index contributed by atoms with van der Waals surface area (Å²) in [4.78, 5) is 30.6. The molecule has 0 aliphatic carbocycles. The predicted octanol–water partition coefficient (Wildman–Crippen LogP) is 5.99. The van der Waals surface area contributed by atoms with Gasteiger partial charge in [0.2, 0.25) is 0 Å². The molecule has 4 aliphatic rings. The molecule has 0 unspecified atom stereocenters. The van der Waals surface area contributed by atoms with Crippen LogP contribution < -0.4 is 10.1 Å². The van der Waals surface area contributed by atoms with Gasteiger partial charge in [-0.15, -0.1) is 0 Å². The van der Waals surface area contributed by atoms with Crippen LogP contribution in [0.25, 0.3) is 22.0 Å². The summed E-state index contributed by atoms with van der Waals surface area (Å²) in [6, 6.07) is 11.7. The molecule has 5 heterocycles. The Labute approximate surface area is 389 Å². The molecule has 1 aromatic heterocycles. The predicted molar refractivity (Wildman–Crippen MR) is 251 cm³/mol. The number of aliphatic hydroxyl groups excluding tert-OH is 3. The Hall–Kier alpha value is -6.24. The zero-order chi connectivity index (χ0) is 48.5. The molecule has 0 spiro atoms. The van der Waals surface area contributed by atoms with Gasteiger partial charge in [-0.3, -0.25) is 19.5 Å². The lowest BCUT2D eigenvalue weighted by Gasteiger charge is -2.36. The van der Waals surface area contributed by atoms with Gasteiger partial charge in [-0.1, -0.05) is 81.4 Å². The van der Waals surface area contributed by atoms with E-state index in [0.717, 1.165) is 11.3 Å². The highest BCUT2D eigenvalue weighted by Gasteiger charge is 2.50. The SMILES string of the molecule is CO[C@H]1/C=C/O[C@@]2(C)Oc3c(C)c(O)c4c(O)c(c(/C=N/N5CCN(Cc6cc(-c7ccccc7)no6)CC5)c(O)c4c3C2=O)NC(=O)/C(C)=C\C=C\[C@H](C)[C@H](O)[C@@H](C)[C@@H](O)[C@@H](C)[C@H](O)[C@@H]1C. The van der Waals surface area contributed by atoms with E-state index in [1.54, 1.807) is 44.9 Å². The fourth-order valence-electron chi connectivity index (χ4n) is 8.98. The van der Waals surface area contributed by atoms with Crippen LogP contribution in [0, 0.1) is 30.6 Å². The maximum atomic E-state index is 14.5. The molecule has 358 valence electrons. The summed E-state index contributed by atoms with van der Waals surface area (Å²) in [5.74, 6) is -7.11. The number of hydrogen-bond acceptors (Lipinski definition) is 16. The van der Waals surface area contributed by atoms with Gasteiger partial charge in [0.15, 0.2) is 11.5 Å². The van der Waals surface area contributed by atoms with Crippen molar-refractivity contribution in [3.05, 3.63) is 95.0 Å². The summed E-state index contributed by atoms with van der Waals surface area (Å²) in [5.41, 5.74) is 1.28. The lowest BCUT2D eigenvalue weighted by molar-refractivity contribution is -0.112. The van der Waals surface area contributed by atoms with Gasteiger partial charge in [0.05, 0.1) is 65.6 Å². The van der Waals surface area contributed by atoms with Gasteiger partial charge in [0.25, 0.3) is 11.7 Å². The molecule has 0 radical (unpaired) electrons. The van der Waals surface area contributed by atoms with Crippen LogP contribution in [0.15, 0.2) is 82.2 Å². The van der Waals surface area contributed by atoms with Crippen molar-refractivity contribution in [1.29, 1.82) is 0 Å². The average molecular weight is 924 g/mol. The van der Waals surface area contributed by atoms with E-state index in [9.17, 15) is 40.2 Å². The number of nitrogens with one attached hydrogen (secondary N) is 1. The number of hydrazone groups is 1. The largest absolute Gasteiger partial charge is 0.507 e. The van der Waals surface area contributed by atoms with Crippen molar-refractivity contribution in [2.24, 2.45) is 28.8 Å². The van der Waals surface area contributed by atoms with Crippen LogP contribution in [0.2, 0.25) is 0 Å². The first-order valence-corrected chi connectivity index (χ1v) is 22.5. The van der Waals surface area contributed by atoms with Crippen molar-refractivity contribution in [1.82, 2.24) is 15.1 Å². The van der Waals surface area contributed by atoms with Gasteiger partial charge in [0, 0.05) is 92.0 Å². The number of nitrogens with zero attached hydrogens (tertiary/aromatic N) is 4. The van der Waals surface area contributed by atoms with Crippen LogP contribution in [0.4, 0.5) is 5.69 Å². The van der Waals surface area contributed by atoms with Crippen LogP contribution in [-0.4, -0.2) is 127 Å². The van der Waals surface area contributed by atoms with E-state index in [4.69, 9.17) is 18.7 Å². The zero-order valence-electron chi connectivity index (χ0n) is 39.0. The molecule has 4 aromatic rings. The number of hydrogen-bond donors (Lipinski definition) is 7. The molecule has 67 heavy (non-hydrogen) atoms. The Bertz CT molecular complexity index is 2600. The second-order valence-corrected chi connectivity index (χ2v) is 18.1. The molecule has 1 fully saturated rings. The highest BCUT2D eigenvalue weighted by molar-refractivity contribution is 6.23. The number of amides is 1. The van der Waals surface area contributed by atoms with Crippen molar-refractivity contribution in [3.63, 3.8) is 0 Å². The molecule has 1 saturated heterocycles. The van der Waals surface area contributed by atoms with E-state index in [-0.39, 0.29) is 44.5 Å². The quantitative estimate of drug-likeness (QED) is 0.0668. The number of fused-ring (bicyclic) bond motifs is 14. The molecule has 4 aliphatic heterocycles. The molecule has 7 N–H and O–H groups in total. The molecule has 17 heteroatoms. The molecule has 8 rings (SSSR count). The average Bonchev–Trinajstić information content (AvgIpc) is 3.90. The molecule has 5 bridgehead atoms. The van der Waals surface area contributed by atoms with E-state index < -0.39 is 82.8 Å². The molecule has 17 nitrogen and oxygen atoms in total. The summed E-state index contributed by atoms with van der Waals surface area (Å²) in [7, 11) is 1.44. The van der Waals surface area contributed by atoms with Crippen LogP contribution in [0.5, 0.6) is 23.0 Å². The number of benzene rings is 3. The van der Waals surface area contributed by atoms with Crippen molar-refractivity contribution in [3.8, 4) is 34.3 Å². The Kier molecular flexibility index (Phi) is 14.5. The summed E-state index contributed by atoms with van der Waals surface area (Å²) in [6.45, 7) is 13.8. The second kappa shape index (κ2) is 19.9. The van der Waals surface area contributed by atoms with Gasteiger partial charge in [0.1, 0.15) is 22.9 Å². The number of Topliss-reactive ketones (excluding diaryl/α,β-unsaturated/α-hetero) is 1. The van der Waals surface area contributed by atoms with Crippen LogP contribution >= 0.6 is 0 Å². The molecule has 3 aromatic carbocycles. The number of aromatic nitrogens is 1. The number of phenolic OH excluding ortho intramolecular Hbond substituents is 3. The Morgan fingerprint density at radius 1 is 0.896 bits per heavy atom. The van der Waals surface area contributed by atoms with Crippen molar-refractivity contribution >= 4 is 34.4 Å². The minimum absolute atomic E-state index is 0.0522. The Balaban J connectivity index is 1.26. The van der Waals surface area contributed by atoms with Crippen LogP contribution in [0.1, 0.15) is 68.8 Å². The number of phenols is 3. The summed E-state index contributed by atoms with van der Waals surface area (Å²) in [6.07, 6.45) is 4.70. The van der Waals surface area contributed by atoms with Gasteiger partial charge >= 0.3 is 5.79 Å². The fourth-order valence-corrected chi connectivity index (χ4v) is 8.98. The van der Waals surface area contributed by atoms with Gasteiger partial charge in [-0.2, -0.15) is 5.10 Å². The number of carbonyl (C=O) groups excluding carboxylic acids is 2. The third kappa shape index (κ3) is 9.65. The van der Waals surface area contributed by atoms with Crippen molar-refractivity contribution < 1.29 is 59.0 Å². The zero-order valence-corrected chi connectivity index (χ0v) is 39.0. The summed E-state index contributed by atoms with van der Waals surface area (Å²) in [5, 5.41) is 82.8. The topological polar surface area (TPSA) is 240 Å². The minimum Gasteiger partial charge on any atom is -0.507 e. The fraction of sp³-hybridized carbons (Fsp3) is 0.440. The summed E-state index contributed by atoms with van der Waals surface area (Å²) < 4.78 is 23.4. The number of aliphatic hydroxyl groups is 3. The number of ketones is 1. The first-order valence-electron chi connectivity index (χ1n) is 22.5. The number of aromatic hydroxyl groups is 3. The molecule has 9 atom stereocenters. The highest BCUT2D eigenvalue weighted by atomic mass is 16.7. The van der Waals surface area contributed by atoms with Crippen molar-refractivity contribution in [2.45, 2.75) is 85.2 Å². The smallest absolute Gasteiger partial charge is 0.312 e. The second-order valence-electron chi connectivity index (χ2n) is 18.1. The van der Waals surface area contributed by atoms with E-state index in [1.807, 2.05) is 36.4 Å². The third-order valence-electron chi connectivity index (χ3n) is 13.5. The van der Waals surface area contributed by atoms with Crippen molar-refractivity contribution in [2.75, 3.05) is 38.6 Å². The normalized spacial score (nSPS) is 29.7. The first kappa shape index (κ1) is 48.7. The van der Waals surface area contributed by atoms with E-state index >= 15 is 0 Å². The number of rotatable bonds is 6. The number of ether oxygens (including phenoxy) is 3. The molecule has 1 amide bonds. The first-order chi connectivity index (χ1) is 31.9. The van der Waals surface area contributed by atoms with Crippen LogP contribution in [0.3, 0.4) is 0 Å².